The monoisotopic (exact) mass is 296 g/mol. The van der Waals surface area contributed by atoms with Gasteiger partial charge in [-0.15, -0.1) is 0 Å². The van der Waals surface area contributed by atoms with E-state index in [0.717, 1.165) is 0 Å². The molecule has 9 nitrogen and oxygen atoms in total. The summed E-state index contributed by atoms with van der Waals surface area (Å²) in [5.74, 6) is 0.299. The van der Waals surface area contributed by atoms with Crippen LogP contribution in [-0.2, 0) is 4.74 Å². The Kier molecular flexibility index (Phi) is 3.62. The van der Waals surface area contributed by atoms with Crippen LogP contribution in [0.15, 0.2) is 6.33 Å². The van der Waals surface area contributed by atoms with Gasteiger partial charge in [-0.05, 0) is 0 Å². The lowest BCUT2D eigenvalue weighted by molar-refractivity contribution is -0.0432. The lowest BCUT2D eigenvalue weighted by Crippen LogP contribution is -2.24. The second-order valence-electron chi connectivity index (χ2n) is 4.66. The van der Waals surface area contributed by atoms with Crippen molar-refractivity contribution in [1.29, 1.82) is 0 Å². The molecule has 0 spiro atoms. The number of ether oxygens (including phenoxy) is 3. The molecule has 3 atom stereocenters. The minimum absolute atomic E-state index is 0.151. The minimum Gasteiger partial charge on any atom is -0.479 e. The maximum Gasteiger partial charge on any atom is 0.321 e. The van der Waals surface area contributed by atoms with Gasteiger partial charge >= 0.3 is 6.01 Å². The molecule has 0 unspecified atom stereocenters. The second kappa shape index (κ2) is 5.43. The number of aliphatic hydroxyl groups excluding tert-OH is 2. The summed E-state index contributed by atoms with van der Waals surface area (Å²) in [6.07, 6.45) is 0.0663. The van der Waals surface area contributed by atoms with Crippen molar-refractivity contribution in [3.8, 4) is 11.9 Å². The Hall–Kier alpha value is -1.97. The first-order valence-electron chi connectivity index (χ1n) is 6.44. The van der Waals surface area contributed by atoms with Crippen molar-refractivity contribution in [2.24, 2.45) is 0 Å². The van der Waals surface area contributed by atoms with Crippen molar-refractivity contribution >= 4 is 11.2 Å². The average molecular weight is 296 g/mol. The van der Waals surface area contributed by atoms with Crippen molar-refractivity contribution in [1.82, 2.24) is 19.5 Å². The Morgan fingerprint density at radius 1 is 1.38 bits per heavy atom. The van der Waals surface area contributed by atoms with Crippen LogP contribution in [0.5, 0.6) is 11.9 Å². The molecule has 0 saturated carbocycles. The first-order chi connectivity index (χ1) is 10.2. The maximum absolute atomic E-state index is 9.83. The van der Waals surface area contributed by atoms with Gasteiger partial charge in [0.25, 0.3) is 0 Å². The normalized spacial score (nSPS) is 25.4. The fourth-order valence-electron chi connectivity index (χ4n) is 2.37. The lowest BCUT2D eigenvalue weighted by atomic mass is 10.2. The van der Waals surface area contributed by atoms with E-state index in [0.29, 0.717) is 23.5 Å². The van der Waals surface area contributed by atoms with E-state index in [1.165, 1.54) is 14.2 Å². The SMILES string of the molecule is COc1nc(OC)c2ncn([C@H]3C[C@@H](O)[C@H](CO)O3)c2n1. The number of hydrogen-bond donors (Lipinski definition) is 2. The van der Waals surface area contributed by atoms with Gasteiger partial charge in [-0.3, -0.25) is 4.57 Å². The zero-order valence-corrected chi connectivity index (χ0v) is 11.6. The van der Waals surface area contributed by atoms with Gasteiger partial charge in [-0.1, -0.05) is 0 Å². The van der Waals surface area contributed by atoms with Gasteiger partial charge in [0.05, 0.1) is 33.3 Å². The minimum atomic E-state index is -0.733. The fourth-order valence-corrected chi connectivity index (χ4v) is 2.37. The van der Waals surface area contributed by atoms with Gasteiger partial charge in [0, 0.05) is 6.42 Å². The van der Waals surface area contributed by atoms with Gasteiger partial charge in [0.1, 0.15) is 12.3 Å². The quantitative estimate of drug-likeness (QED) is 0.775. The van der Waals surface area contributed by atoms with Crippen molar-refractivity contribution < 1.29 is 24.4 Å². The predicted molar refractivity (Wildman–Crippen MR) is 70.0 cm³/mol. The topological polar surface area (TPSA) is 112 Å². The van der Waals surface area contributed by atoms with Crippen molar-refractivity contribution in [2.45, 2.75) is 24.9 Å². The molecule has 2 aromatic rings. The molecule has 1 aliphatic heterocycles. The van der Waals surface area contributed by atoms with Crippen LogP contribution in [0.4, 0.5) is 0 Å². The van der Waals surface area contributed by atoms with E-state index >= 15 is 0 Å². The van der Waals surface area contributed by atoms with E-state index in [9.17, 15) is 5.11 Å². The molecule has 3 rings (SSSR count). The first-order valence-corrected chi connectivity index (χ1v) is 6.44. The van der Waals surface area contributed by atoms with Crippen LogP contribution >= 0.6 is 0 Å². The van der Waals surface area contributed by atoms with Crippen molar-refractivity contribution in [3.63, 3.8) is 0 Å². The van der Waals surface area contributed by atoms with Crippen LogP contribution in [0.2, 0.25) is 0 Å². The summed E-state index contributed by atoms with van der Waals surface area (Å²) in [6, 6.07) is 0.151. The van der Waals surface area contributed by atoms with Crippen molar-refractivity contribution in [3.05, 3.63) is 6.33 Å². The molecule has 2 aromatic heterocycles. The predicted octanol–water partition coefficient (Wildman–Crippen LogP) is -0.516. The summed E-state index contributed by atoms with van der Waals surface area (Å²) in [7, 11) is 2.94. The number of hydrogen-bond acceptors (Lipinski definition) is 8. The van der Waals surface area contributed by atoms with Crippen LogP contribution in [0.25, 0.3) is 11.2 Å². The number of rotatable bonds is 4. The maximum atomic E-state index is 9.83. The number of nitrogens with zero attached hydrogens (tertiary/aromatic N) is 4. The Morgan fingerprint density at radius 3 is 2.81 bits per heavy atom. The van der Waals surface area contributed by atoms with E-state index in [4.69, 9.17) is 19.3 Å². The average Bonchev–Trinajstić information content (AvgIpc) is 3.08. The van der Waals surface area contributed by atoms with E-state index in [-0.39, 0.29) is 12.6 Å². The molecular formula is C12H16N4O5. The molecule has 0 amide bonds. The lowest BCUT2D eigenvalue weighted by Gasteiger charge is -2.13. The molecular weight excluding hydrogens is 280 g/mol. The van der Waals surface area contributed by atoms with E-state index in [1.807, 2.05) is 0 Å². The molecule has 0 aliphatic carbocycles. The standard InChI is InChI=1S/C12H16N4O5/c1-19-11-9-10(14-12(15-11)20-2)16(5-13-9)8-3-6(18)7(4-17)21-8/h5-8,17-18H,3-4H2,1-2H3/t6-,7+,8-/m1/s1. The third-order valence-electron chi connectivity index (χ3n) is 3.44. The molecule has 9 heteroatoms. The molecule has 114 valence electrons. The number of imidazole rings is 1. The van der Waals surface area contributed by atoms with Crippen LogP contribution in [0.1, 0.15) is 12.6 Å². The first kappa shape index (κ1) is 14.0. The number of aliphatic hydroxyl groups is 2. The third-order valence-corrected chi connectivity index (χ3v) is 3.44. The van der Waals surface area contributed by atoms with Crippen LogP contribution in [-0.4, -0.2) is 62.8 Å². The summed E-state index contributed by atoms with van der Waals surface area (Å²) < 4.78 is 17.5. The van der Waals surface area contributed by atoms with Gasteiger partial charge < -0.3 is 24.4 Å². The fraction of sp³-hybridized carbons (Fsp3) is 0.583. The van der Waals surface area contributed by atoms with Gasteiger partial charge in [0.15, 0.2) is 11.2 Å². The number of aromatic nitrogens is 4. The highest BCUT2D eigenvalue weighted by Gasteiger charge is 2.35. The Bertz CT molecular complexity index is 646. The zero-order valence-electron chi connectivity index (χ0n) is 11.6. The van der Waals surface area contributed by atoms with Crippen LogP contribution in [0.3, 0.4) is 0 Å². The second-order valence-corrected chi connectivity index (χ2v) is 4.66. The highest BCUT2D eigenvalue weighted by molar-refractivity contribution is 5.76. The van der Waals surface area contributed by atoms with E-state index < -0.39 is 18.4 Å². The molecule has 2 N–H and O–H groups in total. The highest BCUT2D eigenvalue weighted by atomic mass is 16.5. The molecule has 0 radical (unpaired) electrons. The molecule has 0 bridgehead atoms. The number of methoxy groups -OCH3 is 2. The summed E-state index contributed by atoms with van der Waals surface area (Å²) in [6.45, 7) is -0.244. The van der Waals surface area contributed by atoms with Gasteiger partial charge in [0.2, 0.25) is 5.88 Å². The van der Waals surface area contributed by atoms with E-state index in [1.54, 1.807) is 10.9 Å². The molecule has 3 heterocycles. The molecule has 1 aliphatic rings. The summed E-state index contributed by atoms with van der Waals surface area (Å²) >= 11 is 0. The summed E-state index contributed by atoms with van der Waals surface area (Å²) in [5, 5.41) is 19.0. The molecule has 0 aromatic carbocycles. The molecule has 1 fully saturated rings. The van der Waals surface area contributed by atoms with Gasteiger partial charge in [-0.2, -0.15) is 9.97 Å². The van der Waals surface area contributed by atoms with Crippen LogP contribution in [0, 0.1) is 0 Å². The number of fused-ring (bicyclic) bond motifs is 1. The zero-order chi connectivity index (χ0) is 15.0. The summed E-state index contributed by atoms with van der Waals surface area (Å²) in [4.78, 5) is 12.5. The molecule has 21 heavy (non-hydrogen) atoms. The largest absolute Gasteiger partial charge is 0.479 e. The third kappa shape index (κ3) is 2.28. The van der Waals surface area contributed by atoms with Crippen molar-refractivity contribution in [2.75, 3.05) is 20.8 Å². The highest BCUT2D eigenvalue weighted by Crippen LogP contribution is 2.32. The Labute approximate surface area is 120 Å². The Morgan fingerprint density at radius 2 is 2.19 bits per heavy atom. The summed E-state index contributed by atoms with van der Waals surface area (Å²) in [5.41, 5.74) is 0.957. The smallest absolute Gasteiger partial charge is 0.321 e. The van der Waals surface area contributed by atoms with Crippen LogP contribution < -0.4 is 9.47 Å². The van der Waals surface area contributed by atoms with Gasteiger partial charge in [-0.25, -0.2) is 4.98 Å². The Balaban J connectivity index is 2.04. The molecule has 1 saturated heterocycles. The van der Waals surface area contributed by atoms with E-state index in [2.05, 4.69) is 15.0 Å².